The maximum absolute atomic E-state index is 13.6. The van der Waals surface area contributed by atoms with E-state index in [2.05, 4.69) is 10.3 Å². The third-order valence-corrected chi connectivity index (χ3v) is 4.15. The SMILES string of the molecule is O=C(NC(=O)c1c(F)cccc1F)Nc1ccc(Oc2ncc(C(F)(F)F)cc2Cl)cc1. The number of rotatable bonds is 4. The molecule has 0 saturated heterocycles. The first-order valence-electron chi connectivity index (χ1n) is 8.61. The Hall–Kier alpha value is -3.73. The number of hydrogen-bond donors (Lipinski definition) is 2. The number of halogens is 6. The zero-order chi connectivity index (χ0) is 23.5. The average Bonchev–Trinajstić information content (AvgIpc) is 2.70. The summed E-state index contributed by atoms with van der Waals surface area (Å²) in [7, 11) is 0. The summed E-state index contributed by atoms with van der Waals surface area (Å²) in [6, 6.07) is 7.76. The van der Waals surface area contributed by atoms with Gasteiger partial charge in [-0.25, -0.2) is 18.6 Å². The summed E-state index contributed by atoms with van der Waals surface area (Å²) < 4.78 is 70.5. The fraction of sp³-hybridized carbons (Fsp3) is 0.0500. The van der Waals surface area contributed by atoms with Gasteiger partial charge in [0.1, 0.15) is 28.0 Å². The minimum atomic E-state index is -4.61. The van der Waals surface area contributed by atoms with Crippen LogP contribution in [0, 0.1) is 11.6 Å². The lowest BCUT2D eigenvalue weighted by atomic mass is 10.2. The highest BCUT2D eigenvalue weighted by atomic mass is 35.5. The van der Waals surface area contributed by atoms with Crippen molar-refractivity contribution in [1.82, 2.24) is 10.3 Å². The van der Waals surface area contributed by atoms with Gasteiger partial charge in [-0.3, -0.25) is 10.1 Å². The lowest BCUT2D eigenvalue weighted by Crippen LogP contribution is -2.35. The molecule has 0 spiro atoms. The zero-order valence-electron chi connectivity index (χ0n) is 15.6. The number of ether oxygens (including phenoxy) is 1. The van der Waals surface area contributed by atoms with Gasteiger partial charge in [-0.2, -0.15) is 13.2 Å². The van der Waals surface area contributed by atoms with E-state index in [0.717, 1.165) is 18.2 Å². The molecule has 166 valence electrons. The Balaban J connectivity index is 1.62. The number of anilines is 1. The van der Waals surface area contributed by atoms with Crippen LogP contribution < -0.4 is 15.4 Å². The lowest BCUT2D eigenvalue weighted by Gasteiger charge is -2.11. The van der Waals surface area contributed by atoms with Crippen molar-refractivity contribution in [3.8, 4) is 11.6 Å². The number of amides is 3. The third-order valence-electron chi connectivity index (χ3n) is 3.88. The van der Waals surface area contributed by atoms with Crippen molar-refractivity contribution in [2.75, 3.05) is 5.32 Å². The number of nitrogens with one attached hydrogen (secondary N) is 2. The molecule has 1 heterocycles. The highest BCUT2D eigenvalue weighted by Gasteiger charge is 2.31. The molecule has 0 bridgehead atoms. The summed E-state index contributed by atoms with van der Waals surface area (Å²) >= 11 is 5.77. The van der Waals surface area contributed by atoms with Crippen LogP contribution in [0.5, 0.6) is 11.6 Å². The Bertz CT molecular complexity index is 1150. The van der Waals surface area contributed by atoms with E-state index in [1.165, 1.54) is 24.3 Å². The first kappa shape index (κ1) is 22.9. The molecule has 32 heavy (non-hydrogen) atoms. The normalized spacial score (nSPS) is 11.1. The van der Waals surface area contributed by atoms with Crippen molar-refractivity contribution in [2.24, 2.45) is 0 Å². The Kier molecular flexibility index (Phi) is 6.58. The van der Waals surface area contributed by atoms with Crippen molar-refractivity contribution < 1.29 is 36.3 Å². The van der Waals surface area contributed by atoms with Crippen LogP contribution >= 0.6 is 11.6 Å². The molecule has 1 aromatic heterocycles. The summed E-state index contributed by atoms with van der Waals surface area (Å²) in [5, 5.41) is 3.70. The highest BCUT2D eigenvalue weighted by Crippen LogP contribution is 2.34. The van der Waals surface area contributed by atoms with Crippen LogP contribution in [0.25, 0.3) is 0 Å². The van der Waals surface area contributed by atoms with Crippen molar-refractivity contribution in [1.29, 1.82) is 0 Å². The quantitative estimate of drug-likeness (QED) is 0.472. The van der Waals surface area contributed by atoms with E-state index in [-0.39, 0.29) is 22.3 Å². The molecule has 6 nitrogen and oxygen atoms in total. The van der Waals surface area contributed by atoms with Crippen molar-refractivity contribution >= 4 is 29.2 Å². The van der Waals surface area contributed by atoms with Gasteiger partial charge in [0, 0.05) is 11.9 Å². The third kappa shape index (κ3) is 5.49. The predicted molar refractivity (Wildman–Crippen MR) is 104 cm³/mol. The predicted octanol–water partition coefficient (Wildman–Crippen LogP) is 5.79. The van der Waals surface area contributed by atoms with Gasteiger partial charge < -0.3 is 10.1 Å². The molecule has 0 radical (unpaired) electrons. The van der Waals surface area contributed by atoms with Gasteiger partial charge in [-0.1, -0.05) is 17.7 Å². The molecule has 2 aromatic carbocycles. The molecule has 0 aliphatic carbocycles. The maximum Gasteiger partial charge on any atom is 0.417 e. The molecule has 0 unspecified atom stereocenters. The molecule has 0 saturated carbocycles. The second-order valence-corrected chi connectivity index (χ2v) is 6.55. The molecule has 2 N–H and O–H groups in total. The van der Waals surface area contributed by atoms with E-state index in [0.29, 0.717) is 12.3 Å². The van der Waals surface area contributed by atoms with E-state index in [4.69, 9.17) is 16.3 Å². The van der Waals surface area contributed by atoms with Crippen LogP contribution in [0.15, 0.2) is 54.7 Å². The standard InChI is InChI=1S/C20H11ClF5N3O3/c21-13-8-10(20(24,25)26)9-27-18(13)32-12-6-4-11(5-7-12)28-19(31)29-17(30)16-14(22)2-1-3-15(16)23/h1-9H,(H2,28,29,30,31). The number of aromatic nitrogens is 1. The molecule has 0 aliphatic heterocycles. The highest BCUT2D eigenvalue weighted by molar-refractivity contribution is 6.31. The topological polar surface area (TPSA) is 80.3 Å². The van der Waals surface area contributed by atoms with Gasteiger partial charge in [0.05, 0.1) is 5.56 Å². The summed E-state index contributed by atoms with van der Waals surface area (Å²) in [5.41, 5.74) is -1.78. The molecule has 12 heteroatoms. The van der Waals surface area contributed by atoms with Crippen molar-refractivity contribution in [3.05, 3.63) is 82.5 Å². The Morgan fingerprint density at radius 2 is 1.62 bits per heavy atom. The molecule has 0 fully saturated rings. The number of imide groups is 1. The minimum absolute atomic E-state index is 0.134. The van der Waals surface area contributed by atoms with E-state index >= 15 is 0 Å². The van der Waals surface area contributed by atoms with E-state index < -0.39 is 40.9 Å². The number of pyridine rings is 1. The van der Waals surface area contributed by atoms with Crippen LogP contribution in [-0.4, -0.2) is 16.9 Å². The first-order valence-corrected chi connectivity index (χ1v) is 8.99. The fourth-order valence-electron chi connectivity index (χ4n) is 2.42. The number of carbonyl (C=O) groups is 2. The summed E-state index contributed by atoms with van der Waals surface area (Å²) in [6.07, 6.45) is -4.04. The number of nitrogens with zero attached hydrogens (tertiary/aromatic N) is 1. The second-order valence-electron chi connectivity index (χ2n) is 6.14. The lowest BCUT2D eigenvalue weighted by molar-refractivity contribution is -0.137. The van der Waals surface area contributed by atoms with Gasteiger partial charge in [-0.05, 0) is 42.5 Å². The van der Waals surface area contributed by atoms with Crippen molar-refractivity contribution in [3.63, 3.8) is 0 Å². The fourth-order valence-corrected chi connectivity index (χ4v) is 2.62. The molecule has 3 amide bonds. The minimum Gasteiger partial charge on any atom is -0.438 e. The number of urea groups is 1. The first-order chi connectivity index (χ1) is 15.0. The van der Waals surface area contributed by atoms with E-state index in [1.54, 1.807) is 5.32 Å². The van der Waals surface area contributed by atoms with Gasteiger partial charge in [0.15, 0.2) is 0 Å². The van der Waals surface area contributed by atoms with Crippen LogP contribution in [0.4, 0.5) is 32.4 Å². The van der Waals surface area contributed by atoms with Crippen LogP contribution in [-0.2, 0) is 6.18 Å². The van der Waals surface area contributed by atoms with E-state index in [9.17, 15) is 31.5 Å². The number of benzene rings is 2. The van der Waals surface area contributed by atoms with Gasteiger partial charge >= 0.3 is 12.2 Å². The van der Waals surface area contributed by atoms with Crippen molar-refractivity contribution in [2.45, 2.75) is 6.18 Å². The van der Waals surface area contributed by atoms with Gasteiger partial charge in [0.2, 0.25) is 5.88 Å². The Labute approximate surface area is 182 Å². The zero-order valence-corrected chi connectivity index (χ0v) is 16.4. The Morgan fingerprint density at radius 3 is 2.19 bits per heavy atom. The summed E-state index contributed by atoms with van der Waals surface area (Å²) in [4.78, 5) is 27.3. The van der Waals surface area contributed by atoms with E-state index in [1.807, 2.05) is 0 Å². The van der Waals surface area contributed by atoms with Crippen LogP contribution in [0.3, 0.4) is 0 Å². The van der Waals surface area contributed by atoms with Gasteiger partial charge in [0.25, 0.3) is 5.91 Å². The number of carbonyl (C=O) groups excluding carboxylic acids is 2. The summed E-state index contributed by atoms with van der Waals surface area (Å²) in [5.74, 6) is -3.67. The molecule has 3 aromatic rings. The van der Waals surface area contributed by atoms with Crippen LogP contribution in [0.2, 0.25) is 5.02 Å². The maximum atomic E-state index is 13.6. The molecule has 0 atom stereocenters. The molecule has 0 aliphatic rings. The largest absolute Gasteiger partial charge is 0.438 e. The number of hydrogen-bond acceptors (Lipinski definition) is 4. The molecular formula is C20H11ClF5N3O3. The molecular weight excluding hydrogens is 461 g/mol. The second kappa shape index (κ2) is 9.18. The average molecular weight is 472 g/mol. The van der Waals surface area contributed by atoms with Gasteiger partial charge in [-0.15, -0.1) is 0 Å². The van der Waals surface area contributed by atoms with Crippen LogP contribution in [0.1, 0.15) is 15.9 Å². The number of alkyl halides is 3. The monoisotopic (exact) mass is 471 g/mol. The summed E-state index contributed by atoms with van der Waals surface area (Å²) in [6.45, 7) is 0. The smallest absolute Gasteiger partial charge is 0.417 e. The Morgan fingerprint density at radius 1 is 1.00 bits per heavy atom. The molecule has 3 rings (SSSR count).